The smallest absolute Gasteiger partial charge is 0.354 e. The third-order valence-corrected chi connectivity index (χ3v) is 5.96. The lowest BCUT2D eigenvalue weighted by atomic mass is 9.82. The molecule has 0 bridgehead atoms. The molecule has 2 aromatic heterocycles. The number of pyridine rings is 1. The number of anilines is 1. The first-order valence-corrected chi connectivity index (χ1v) is 9.86. The van der Waals surface area contributed by atoms with Gasteiger partial charge < -0.3 is 20.2 Å². The van der Waals surface area contributed by atoms with Crippen LogP contribution in [0, 0.1) is 0 Å². The number of β-amino-alcohol motifs (C(OH)–C–C–N with tert-alkyl or cyclic N) is 2. The summed E-state index contributed by atoms with van der Waals surface area (Å²) in [6, 6.07) is 11.1. The minimum atomic E-state index is -1.13. The number of carbonyl (C=O) groups is 1. The van der Waals surface area contributed by atoms with Crippen molar-refractivity contribution in [3.8, 4) is 5.69 Å². The number of para-hydroxylation sites is 1. The molecular weight excluding hydrogens is 372 g/mol. The molecule has 0 spiro atoms. The van der Waals surface area contributed by atoms with Gasteiger partial charge in [0.25, 0.3) is 0 Å². The van der Waals surface area contributed by atoms with E-state index in [1.54, 1.807) is 4.68 Å². The SMILES string of the molecule is O=C(O)c1cc(N2C[C@H](O)[C@@H](O)C2)c2c(C3CCC3)nn(-c3ccccc3)c2n1. The van der Waals surface area contributed by atoms with E-state index in [4.69, 9.17) is 5.10 Å². The Morgan fingerprint density at radius 3 is 2.34 bits per heavy atom. The number of aromatic nitrogens is 3. The number of nitrogens with zero attached hydrogens (tertiary/aromatic N) is 4. The Balaban J connectivity index is 1.78. The van der Waals surface area contributed by atoms with E-state index in [-0.39, 0.29) is 18.8 Å². The van der Waals surface area contributed by atoms with E-state index in [1.165, 1.54) is 6.07 Å². The number of benzene rings is 1. The zero-order valence-electron chi connectivity index (χ0n) is 15.8. The Kier molecular flexibility index (Phi) is 4.25. The molecule has 3 N–H and O–H groups in total. The lowest BCUT2D eigenvalue weighted by Crippen LogP contribution is -2.22. The van der Waals surface area contributed by atoms with Crippen molar-refractivity contribution in [3.63, 3.8) is 0 Å². The van der Waals surface area contributed by atoms with Crippen molar-refractivity contribution in [2.45, 2.75) is 37.4 Å². The number of aliphatic hydroxyl groups is 2. The topological polar surface area (TPSA) is 112 Å². The van der Waals surface area contributed by atoms with Crippen LogP contribution in [0.1, 0.15) is 41.4 Å². The Bertz CT molecular complexity index is 1070. The molecular formula is C21H22N4O4. The molecule has 2 atom stereocenters. The van der Waals surface area contributed by atoms with Crippen LogP contribution in [0.25, 0.3) is 16.7 Å². The number of carboxylic acid groups (broad SMARTS) is 1. The van der Waals surface area contributed by atoms with Gasteiger partial charge in [-0.05, 0) is 31.0 Å². The van der Waals surface area contributed by atoms with Crippen molar-refractivity contribution in [1.82, 2.24) is 14.8 Å². The number of hydrogen-bond acceptors (Lipinski definition) is 6. The van der Waals surface area contributed by atoms with Gasteiger partial charge in [-0.2, -0.15) is 5.10 Å². The second-order valence-corrected chi connectivity index (χ2v) is 7.83. The first kappa shape index (κ1) is 18.1. The molecule has 150 valence electrons. The molecule has 8 nitrogen and oxygen atoms in total. The Morgan fingerprint density at radius 1 is 1.07 bits per heavy atom. The van der Waals surface area contributed by atoms with Crippen molar-refractivity contribution in [1.29, 1.82) is 0 Å². The maximum atomic E-state index is 11.8. The quantitative estimate of drug-likeness (QED) is 0.620. The predicted molar refractivity (Wildman–Crippen MR) is 107 cm³/mol. The molecule has 1 aliphatic carbocycles. The van der Waals surface area contributed by atoms with Gasteiger partial charge >= 0.3 is 5.97 Å². The van der Waals surface area contributed by atoms with Gasteiger partial charge in [-0.3, -0.25) is 0 Å². The van der Waals surface area contributed by atoms with E-state index in [0.29, 0.717) is 17.3 Å². The van der Waals surface area contributed by atoms with Crippen molar-refractivity contribution < 1.29 is 20.1 Å². The monoisotopic (exact) mass is 394 g/mol. The van der Waals surface area contributed by atoms with Crippen LogP contribution in [-0.2, 0) is 0 Å². The van der Waals surface area contributed by atoms with Crippen LogP contribution in [0.5, 0.6) is 0 Å². The van der Waals surface area contributed by atoms with E-state index >= 15 is 0 Å². The van der Waals surface area contributed by atoms with Crippen LogP contribution in [0.3, 0.4) is 0 Å². The predicted octanol–water partition coefficient (Wildman–Crippen LogP) is 1.93. The van der Waals surface area contributed by atoms with E-state index in [1.807, 2.05) is 35.2 Å². The number of hydrogen-bond donors (Lipinski definition) is 3. The Hall–Kier alpha value is -2.97. The van der Waals surface area contributed by atoms with Crippen molar-refractivity contribution in [2.24, 2.45) is 0 Å². The average Bonchev–Trinajstić information content (AvgIpc) is 3.21. The highest BCUT2D eigenvalue weighted by Gasteiger charge is 2.35. The minimum absolute atomic E-state index is 0.0828. The third kappa shape index (κ3) is 2.95. The number of fused-ring (bicyclic) bond motifs is 1. The molecule has 0 radical (unpaired) electrons. The highest BCUT2D eigenvalue weighted by molar-refractivity contribution is 5.98. The fraction of sp³-hybridized carbons (Fsp3) is 0.381. The molecule has 3 aromatic rings. The summed E-state index contributed by atoms with van der Waals surface area (Å²) in [6.45, 7) is 0.472. The molecule has 3 heterocycles. The zero-order valence-corrected chi connectivity index (χ0v) is 15.8. The highest BCUT2D eigenvalue weighted by Crippen LogP contribution is 2.43. The molecule has 2 fully saturated rings. The third-order valence-electron chi connectivity index (χ3n) is 5.96. The van der Waals surface area contributed by atoms with Crippen molar-refractivity contribution >= 4 is 22.7 Å². The van der Waals surface area contributed by atoms with Gasteiger partial charge in [-0.25, -0.2) is 14.5 Å². The van der Waals surface area contributed by atoms with Crippen LogP contribution in [-0.4, -0.2) is 61.4 Å². The van der Waals surface area contributed by atoms with E-state index in [0.717, 1.165) is 36.0 Å². The van der Waals surface area contributed by atoms with Crippen LogP contribution in [0.4, 0.5) is 5.69 Å². The summed E-state index contributed by atoms with van der Waals surface area (Å²) >= 11 is 0. The van der Waals surface area contributed by atoms with Crippen LogP contribution < -0.4 is 4.90 Å². The van der Waals surface area contributed by atoms with Crippen LogP contribution in [0.15, 0.2) is 36.4 Å². The van der Waals surface area contributed by atoms with Crippen molar-refractivity contribution in [2.75, 3.05) is 18.0 Å². The molecule has 1 aliphatic heterocycles. The first-order chi connectivity index (χ1) is 14.0. The van der Waals surface area contributed by atoms with Gasteiger partial charge in [-0.15, -0.1) is 0 Å². The lowest BCUT2D eigenvalue weighted by Gasteiger charge is -2.25. The molecule has 8 heteroatoms. The fourth-order valence-electron chi connectivity index (χ4n) is 4.16. The average molecular weight is 394 g/mol. The molecule has 0 amide bonds. The molecule has 0 unspecified atom stereocenters. The van der Waals surface area contributed by atoms with Crippen LogP contribution in [0.2, 0.25) is 0 Å². The van der Waals surface area contributed by atoms with E-state index in [2.05, 4.69) is 4.98 Å². The molecule has 2 aliphatic rings. The minimum Gasteiger partial charge on any atom is -0.477 e. The number of rotatable bonds is 4. The largest absolute Gasteiger partial charge is 0.477 e. The first-order valence-electron chi connectivity index (χ1n) is 9.86. The summed E-state index contributed by atoms with van der Waals surface area (Å²) in [5.41, 5.74) is 2.78. The van der Waals surface area contributed by atoms with E-state index in [9.17, 15) is 20.1 Å². The normalized spacial score (nSPS) is 22.2. The number of aromatic carboxylic acids is 1. The van der Waals surface area contributed by atoms with Gasteiger partial charge in [0, 0.05) is 19.0 Å². The van der Waals surface area contributed by atoms with Gasteiger partial charge in [0.2, 0.25) is 0 Å². The van der Waals surface area contributed by atoms with E-state index < -0.39 is 18.2 Å². The maximum Gasteiger partial charge on any atom is 0.354 e. The number of aliphatic hydroxyl groups excluding tert-OH is 2. The summed E-state index contributed by atoms with van der Waals surface area (Å²) in [4.78, 5) is 18.1. The molecule has 29 heavy (non-hydrogen) atoms. The van der Waals surface area contributed by atoms with Gasteiger partial charge in [0.1, 0.15) is 0 Å². The summed E-state index contributed by atoms with van der Waals surface area (Å²) in [5, 5.41) is 35.4. The maximum absolute atomic E-state index is 11.8. The van der Waals surface area contributed by atoms with Gasteiger partial charge in [0.15, 0.2) is 11.3 Å². The van der Waals surface area contributed by atoms with Crippen LogP contribution >= 0.6 is 0 Å². The lowest BCUT2D eigenvalue weighted by molar-refractivity contribution is 0.0572. The molecule has 1 saturated heterocycles. The Morgan fingerprint density at radius 2 is 1.76 bits per heavy atom. The Labute approximate surface area is 167 Å². The van der Waals surface area contributed by atoms with Gasteiger partial charge in [0.05, 0.1) is 34.7 Å². The van der Waals surface area contributed by atoms with Gasteiger partial charge in [-0.1, -0.05) is 24.6 Å². The second kappa shape index (κ2) is 6.82. The highest BCUT2D eigenvalue weighted by atomic mass is 16.4. The summed E-state index contributed by atoms with van der Waals surface area (Å²) < 4.78 is 1.71. The zero-order chi connectivity index (χ0) is 20.1. The fourth-order valence-corrected chi connectivity index (χ4v) is 4.16. The number of carboxylic acids is 1. The van der Waals surface area contributed by atoms with Crippen molar-refractivity contribution in [3.05, 3.63) is 47.8 Å². The summed E-state index contributed by atoms with van der Waals surface area (Å²) in [6.07, 6.45) is 1.46. The molecule has 1 aromatic carbocycles. The molecule has 1 saturated carbocycles. The molecule has 5 rings (SSSR count). The second-order valence-electron chi connectivity index (χ2n) is 7.83. The summed E-state index contributed by atoms with van der Waals surface area (Å²) in [5.74, 6) is -0.824. The summed E-state index contributed by atoms with van der Waals surface area (Å²) in [7, 11) is 0. The standard InChI is InChI=1S/C21H22N4O4/c26-16-10-24(11-17(16)27)15-9-14(21(28)29)22-20-18(15)19(12-5-4-6-12)23-25(20)13-7-2-1-3-8-13/h1-3,7-9,12,16-17,26-27H,4-6,10-11H2,(H,28,29)/t16-,17-/m0/s1.